The topological polar surface area (TPSA) is 390 Å². The van der Waals surface area contributed by atoms with Gasteiger partial charge in [0, 0.05) is 25.9 Å². The fourth-order valence-corrected chi connectivity index (χ4v) is 8.37. The van der Waals surface area contributed by atoms with E-state index in [0.717, 1.165) is 0 Å². The van der Waals surface area contributed by atoms with Gasteiger partial charge in [-0.2, -0.15) is 18.6 Å². The minimum absolute atomic E-state index is 0.0149. The number of rotatable bonds is 16. The van der Waals surface area contributed by atoms with Gasteiger partial charge in [0.25, 0.3) is 11.1 Å². The van der Waals surface area contributed by atoms with Crippen LogP contribution in [-0.2, 0) is 36.3 Å². The standard InChI is InChI=1S/C13H20N5O13P3.C13H17N5O4/c1-2-3-14-13-16-11-10(12(20)17-13)15-6-18(11)9-4-7(19)8(29-9)5-28-33(24,25)31-34(26,27)30-32(21,22)23;1-2-3-14-13-16-11-10(12(21)17-13)15-6-18(11)9-4-7(20)8(5-19)22-9/h2,6-9,19H,1,3-5H2,(H,24,25)(H,26,27)(H2,21,22,23)(H2,14,16,17,20);2,6-9,19-20H,1,3-5H2,(H2,14,16,17,21)/t2*7-,8-,9-/m11/s1. The molecule has 8 atom stereocenters. The van der Waals surface area contributed by atoms with E-state index in [9.17, 15) is 38.4 Å². The highest BCUT2D eigenvalue weighted by Gasteiger charge is 2.43. The van der Waals surface area contributed by atoms with Crippen LogP contribution < -0.4 is 21.8 Å². The Hall–Kier alpha value is -4.01. The van der Waals surface area contributed by atoms with Crippen molar-refractivity contribution in [2.75, 3.05) is 36.9 Å². The summed E-state index contributed by atoms with van der Waals surface area (Å²) in [6.07, 6.45) is 0.672. The second kappa shape index (κ2) is 17.6. The summed E-state index contributed by atoms with van der Waals surface area (Å²) >= 11 is 0. The molecule has 0 amide bonds. The Balaban J connectivity index is 0.000000234. The van der Waals surface area contributed by atoms with Gasteiger partial charge in [-0.3, -0.25) is 33.2 Å². The number of aromatic nitrogens is 8. The highest BCUT2D eigenvalue weighted by atomic mass is 31.3. The molecule has 11 N–H and O–H groups in total. The fraction of sp³-hybridized carbons (Fsp3) is 0.462. The van der Waals surface area contributed by atoms with Crippen molar-refractivity contribution in [3.63, 3.8) is 0 Å². The van der Waals surface area contributed by atoms with Crippen LogP contribution in [0.3, 0.4) is 0 Å². The Labute approximate surface area is 313 Å². The van der Waals surface area contributed by atoms with E-state index in [2.05, 4.69) is 66.8 Å². The zero-order valence-electron chi connectivity index (χ0n) is 28.7. The largest absolute Gasteiger partial charge is 0.490 e. The lowest BCUT2D eigenvalue weighted by molar-refractivity contribution is -0.0432. The summed E-state index contributed by atoms with van der Waals surface area (Å²) in [5.41, 5.74) is -0.272. The van der Waals surface area contributed by atoms with Crippen molar-refractivity contribution in [1.82, 2.24) is 39.0 Å². The van der Waals surface area contributed by atoms with Crippen molar-refractivity contribution in [2.24, 2.45) is 0 Å². The lowest BCUT2D eigenvalue weighted by Gasteiger charge is -2.19. The van der Waals surface area contributed by atoms with Gasteiger partial charge in [-0.25, -0.2) is 23.7 Å². The van der Waals surface area contributed by atoms with Gasteiger partial charge in [-0.15, -0.1) is 13.2 Å². The maximum absolute atomic E-state index is 12.2. The lowest BCUT2D eigenvalue weighted by atomic mass is 10.2. The number of aliphatic hydroxyl groups is 3. The zero-order chi connectivity index (χ0) is 41.0. The normalized spacial score (nSPS) is 24.6. The molecule has 4 aromatic heterocycles. The van der Waals surface area contributed by atoms with Crippen molar-refractivity contribution in [3.8, 4) is 0 Å². The molecule has 56 heavy (non-hydrogen) atoms. The number of hydrogen-bond donors (Lipinski definition) is 11. The highest BCUT2D eigenvalue weighted by Crippen LogP contribution is 2.66. The first-order valence-corrected chi connectivity index (χ1v) is 20.5. The number of nitrogens with zero attached hydrogens (tertiary/aromatic N) is 6. The average Bonchev–Trinajstić information content (AvgIpc) is 3.89. The Morgan fingerprint density at radius 3 is 1.70 bits per heavy atom. The van der Waals surface area contributed by atoms with E-state index in [1.54, 1.807) is 16.7 Å². The van der Waals surface area contributed by atoms with E-state index < -0.39 is 72.5 Å². The van der Waals surface area contributed by atoms with Crippen molar-refractivity contribution in [1.29, 1.82) is 0 Å². The van der Waals surface area contributed by atoms with Crippen LogP contribution in [0.2, 0.25) is 0 Å². The molecule has 0 aliphatic carbocycles. The molecule has 0 spiro atoms. The number of phosphoric ester groups is 1. The summed E-state index contributed by atoms with van der Waals surface area (Å²) in [6.45, 7) is 6.78. The van der Waals surface area contributed by atoms with Gasteiger partial charge in [0.1, 0.15) is 24.7 Å². The molecular weight excluding hydrogens is 817 g/mol. The number of nitrogens with one attached hydrogen (secondary N) is 4. The Morgan fingerprint density at radius 1 is 0.804 bits per heavy atom. The molecule has 30 heteroatoms. The molecular formula is C26H37N10O17P3. The molecule has 27 nitrogen and oxygen atoms in total. The van der Waals surface area contributed by atoms with E-state index in [4.69, 9.17) is 29.3 Å². The van der Waals surface area contributed by atoms with E-state index in [1.165, 1.54) is 17.2 Å². The summed E-state index contributed by atoms with van der Waals surface area (Å²) in [4.78, 5) is 81.6. The third-order valence-electron chi connectivity index (χ3n) is 7.72. The van der Waals surface area contributed by atoms with Crippen LogP contribution in [-0.4, -0.2) is 125 Å². The van der Waals surface area contributed by atoms with E-state index in [-0.39, 0.29) is 41.2 Å². The van der Waals surface area contributed by atoms with Crippen LogP contribution in [0.4, 0.5) is 11.9 Å². The van der Waals surface area contributed by atoms with Crippen molar-refractivity contribution < 1.29 is 71.2 Å². The quantitative estimate of drug-likeness (QED) is 0.0479. The first kappa shape index (κ1) is 43.1. The minimum atomic E-state index is -5.68. The second-order valence-corrected chi connectivity index (χ2v) is 16.2. The van der Waals surface area contributed by atoms with E-state index in [0.29, 0.717) is 31.1 Å². The van der Waals surface area contributed by atoms with Gasteiger partial charge in [0.15, 0.2) is 22.3 Å². The molecule has 0 bridgehead atoms. The molecule has 0 radical (unpaired) electrons. The van der Waals surface area contributed by atoms with Crippen LogP contribution in [0.25, 0.3) is 22.3 Å². The van der Waals surface area contributed by atoms with Gasteiger partial charge in [0.05, 0.1) is 38.1 Å². The molecule has 0 saturated carbocycles. The Bertz CT molecular complexity index is 2310. The molecule has 2 fully saturated rings. The SMILES string of the molecule is C=CCNc1nc2c(ncn2[C@H]2C[C@@H](O)[C@@H](CO)O2)c(=O)[nH]1.C=CCNc1nc2c(ncn2[C@H]2C[C@@H](O)[C@@H](COP(=O)(O)OP(=O)(O)OP(=O)(O)O)O2)c(=O)[nH]1. The molecule has 0 aromatic carbocycles. The number of aromatic amines is 2. The molecule has 2 saturated heterocycles. The fourth-order valence-electron chi connectivity index (χ4n) is 5.34. The zero-order valence-corrected chi connectivity index (χ0v) is 31.4. The molecule has 6 rings (SSSR count). The maximum Gasteiger partial charge on any atom is 0.490 e. The van der Waals surface area contributed by atoms with Crippen LogP contribution in [0, 0.1) is 0 Å². The summed E-state index contributed by atoms with van der Waals surface area (Å²) in [5.74, 6) is 0.429. The predicted octanol–water partition coefficient (Wildman–Crippen LogP) is -0.933. The van der Waals surface area contributed by atoms with Crippen LogP contribution in [0.5, 0.6) is 0 Å². The number of imidazole rings is 2. The average molecular weight is 855 g/mol. The van der Waals surface area contributed by atoms with Gasteiger partial charge in [0.2, 0.25) is 11.9 Å². The molecule has 2 aliphatic heterocycles. The number of H-pyrrole nitrogens is 2. The van der Waals surface area contributed by atoms with Crippen molar-refractivity contribution in [2.45, 2.75) is 49.7 Å². The minimum Gasteiger partial charge on any atom is -0.394 e. The Morgan fingerprint density at radius 2 is 1.27 bits per heavy atom. The van der Waals surface area contributed by atoms with Gasteiger partial charge >= 0.3 is 23.5 Å². The van der Waals surface area contributed by atoms with E-state index in [1.807, 2.05) is 0 Å². The number of hydrogen-bond acceptors (Lipinski definition) is 19. The monoisotopic (exact) mass is 854 g/mol. The molecule has 6 heterocycles. The second-order valence-electron chi connectivity index (χ2n) is 11.8. The lowest BCUT2D eigenvalue weighted by Crippen LogP contribution is -2.26. The van der Waals surface area contributed by atoms with Crippen LogP contribution in [0.15, 0.2) is 47.6 Å². The number of anilines is 2. The number of aliphatic hydroxyl groups excluding tert-OH is 3. The molecule has 308 valence electrons. The highest BCUT2D eigenvalue weighted by molar-refractivity contribution is 7.66. The first-order valence-electron chi connectivity index (χ1n) is 16.0. The number of fused-ring (bicyclic) bond motifs is 2. The number of phosphoric acid groups is 3. The first-order chi connectivity index (χ1) is 26.3. The summed E-state index contributed by atoms with van der Waals surface area (Å²) in [7, 11) is -16.6. The Kier molecular flexibility index (Phi) is 13.6. The maximum atomic E-state index is 12.2. The third-order valence-corrected chi connectivity index (χ3v) is 11.5. The summed E-state index contributed by atoms with van der Waals surface area (Å²) in [5, 5.41) is 34.9. The van der Waals surface area contributed by atoms with Crippen molar-refractivity contribution >= 4 is 57.7 Å². The molecule has 2 aliphatic rings. The van der Waals surface area contributed by atoms with Gasteiger partial charge < -0.3 is 55.0 Å². The van der Waals surface area contributed by atoms with E-state index >= 15 is 0 Å². The van der Waals surface area contributed by atoms with Crippen LogP contribution >= 0.6 is 23.5 Å². The van der Waals surface area contributed by atoms with Crippen molar-refractivity contribution in [3.05, 3.63) is 58.7 Å². The number of ether oxygens (including phenoxy) is 2. The smallest absolute Gasteiger partial charge is 0.394 e. The van der Waals surface area contributed by atoms with Gasteiger partial charge in [-0.1, -0.05) is 12.2 Å². The molecule has 2 unspecified atom stereocenters. The summed E-state index contributed by atoms with van der Waals surface area (Å²) < 4.78 is 59.7. The third kappa shape index (κ3) is 10.7. The van der Waals surface area contributed by atoms with Crippen LogP contribution in [0.1, 0.15) is 25.3 Å². The predicted molar refractivity (Wildman–Crippen MR) is 190 cm³/mol. The molecule has 4 aromatic rings. The summed E-state index contributed by atoms with van der Waals surface area (Å²) in [6, 6.07) is 0. The van der Waals surface area contributed by atoms with Gasteiger partial charge in [-0.05, 0) is 0 Å².